The lowest BCUT2D eigenvalue weighted by Crippen LogP contribution is -2.51. The summed E-state index contributed by atoms with van der Waals surface area (Å²) in [5.41, 5.74) is 2.27. The van der Waals surface area contributed by atoms with E-state index in [0.717, 1.165) is 24.5 Å². The summed E-state index contributed by atoms with van der Waals surface area (Å²) in [6.07, 6.45) is 1.80. The maximum atomic E-state index is 12.3. The largest absolute Gasteiger partial charge is 0.478 e. The summed E-state index contributed by atoms with van der Waals surface area (Å²) in [5, 5.41) is 11.8. The molecule has 1 aliphatic heterocycles. The number of nitrogens with zero attached hydrogens (tertiary/aromatic N) is 3. The number of nitrogens with one attached hydrogen (secondary N) is 1. The third-order valence-corrected chi connectivity index (χ3v) is 4.44. The standard InChI is InChI=1S/C19H22N4O3/c1-14-6-7-20-17(12-14)22-8-10-23(11-9-22)19(26)21-13-15-2-4-16(5-3-15)18(24)25/h2-7,12H,8-11,13H2,1H3,(H,21,26)(H,24,25). The number of pyridine rings is 1. The van der Waals surface area contributed by atoms with Crippen LogP contribution in [0.4, 0.5) is 10.6 Å². The molecule has 26 heavy (non-hydrogen) atoms. The van der Waals surface area contributed by atoms with E-state index in [4.69, 9.17) is 5.11 Å². The van der Waals surface area contributed by atoms with Crippen molar-refractivity contribution < 1.29 is 14.7 Å². The van der Waals surface area contributed by atoms with E-state index in [1.54, 1.807) is 23.2 Å². The molecule has 0 bridgehead atoms. The quantitative estimate of drug-likeness (QED) is 0.878. The van der Waals surface area contributed by atoms with E-state index in [1.807, 2.05) is 13.0 Å². The molecule has 7 nitrogen and oxygen atoms in total. The molecule has 0 radical (unpaired) electrons. The molecule has 0 saturated carbocycles. The van der Waals surface area contributed by atoms with Gasteiger partial charge < -0.3 is 20.2 Å². The number of carboxylic acids is 1. The third-order valence-electron chi connectivity index (χ3n) is 4.44. The molecule has 0 aliphatic carbocycles. The van der Waals surface area contributed by atoms with Gasteiger partial charge in [0.25, 0.3) is 0 Å². The van der Waals surface area contributed by atoms with Crippen LogP contribution in [0, 0.1) is 6.92 Å². The minimum absolute atomic E-state index is 0.107. The molecule has 1 fully saturated rings. The van der Waals surface area contributed by atoms with Gasteiger partial charge in [0, 0.05) is 38.9 Å². The van der Waals surface area contributed by atoms with E-state index in [2.05, 4.69) is 21.3 Å². The van der Waals surface area contributed by atoms with Crippen LogP contribution in [-0.4, -0.2) is 53.2 Å². The Hall–Kier alpha value is -3.09. The number of hydrogen-bond donors (Lipinski definition) is 2. The summed E-state index contributed by atoms with van der Waals surface area (Å²) < 4.78 is 0. The van der Waals surface area contributed by atoms with Crippen LogP contribution in [-0.2, 0) is 6.54 Å². The molecule has 136 valence electrons. The van der Waals surface area contributed by atoms with Gasteiger partial charge in [-0.3, -0.25) is 0 Å². The maximum Gasteiger partial charge on any atom is 0.335 e. The number of carboxylic acid groups (broad SMARTS) is 1. The molecule has 0 spiro atoms. The Morgan fingerprint density at radius 3 is 2.42 bits per heavy atom. The van der Waals surface area contributed by atoms with Crippen molar-refractivity contribution >= 4 is 17.8 Å². The van der Waals surface area contributed by atoms with E-state index < -0.39 is 5.97 Å². The number of aryl methyl sites for hydroxylation is 1. The van der Waals surface area contributed by atoms with E-state index in [9.17, 15) is 9.59 Å². The minimum atomic E-state index is -0.957. The molecule has 2 heterocycles. The van der Waals surface area contributed by atoms with Gasteiger partial charge in [0.05, 0.1) is 5.56 Å². The summed E-state index contributed by atoms with van der Waals surface area (Å²) in [4.78, 5) is 31.5. The molecule has 2 N–H and O–H groups in total. The SMILES string of the molecule is Cc1ccnc(N2CCN(C(=O)NCc3ccc(C(=O)O)cc3)CC2)c1. The zero-order chi connectivity index (χ0) is 18.5. The first-order chi connectivity index (χ1) is 12.5. The van der Waals surface area contributed by atoms with E-state index in [1.165, 1.54) is 17.7 Å². The number of carbonyl (C=O) groups excluding carboxylic acids is 1. The van der Waals surface area contributed by atoms with Crippen molar-refractivity contribution in [2.24, 2.45) is 0 Å². The Balaban J connectivity index is 1.48. The van der Waals surface area contributed by atoms with Crippen LogP contribution >= 0.6 is 0 Å². The topological polar surface area (TPSA) is 85.8 Å². The molecule has 1 aliphatic rings. The van der Waals surface area contributed by atoms with Crippen molar-refractivity contribution in [1.82, 2.24) is 15.2 Å². The second kappa shape index (κ2) is 7.86. The number of anilines is 1. The summed E-state index contributed by atoms with van der Waals surface area (Å²) in [6, 6.07) is 10.4. The van der Waals surface area contributed by atoms with E-state index in [-0.39, 0.29) is 11.6 Å². The normalized spacial score (nSPS) is 14.2. The highest BCUT2D eigenvalue weighted by atomic mass is 16.4. The van der Waals surface area contributed by atoms with Gasteiger partial charge in [-0.25, -0.2) is 14.6 Å². The van der Waals surface area contributed by atoms with E-state index >= 15 is 0 Å². The van der Waals surface area contributed by atoms with Crippen LogP contribution in [0.15, 0.2) is 42.6 Å². The summed E-state index contributed by atoms with van der Waals surface area (Å²) in [7, 11) is 0. The van der Waals surface area contributed by atoms with Crippen molar-refractivity contribution in [3.05, 3.63) is 59.3 Å². The van der Waals surface area contributed by atoms with Crippen LogP contribution < -0.4 is 10.2 Å². The van der Waals surface area contributed by atoms with Gasteiger partial charge >= 0.3 is 12.0 Å². The highest BCUT2D eigenvalue weighted by Gasteiger charge is 2.21. The second-order valence-electron chi connectivity index (χ2n) is 6.33. The first-order valence-electron chi connectivity index (χ1n) is 8.55. The summed E-state index contributed by atoms with van der Waals surface area (Å²) >= 11 is 0. The van der Waals surface area contributed by atoms with Gasteiger partial charge in [-0.2, -0.15) is 0 Å². The molecule has 1 saturated heterocycles. The Bertz CT molecular complexity index is 784. The molecular weight excluding hydrogens is 332 g/mol. The lowest BCUT2D eigenvalue weighted by atomic mass is 10.1. The molecular formula is C19H22N4O3. The number of rotatable bonds is 4. The zero-order valence-corrected chi connectivity index (χ0v) is 14.7. The average molecular weight is 354 g/mol. The monoisotopic (exact) mass is 354 g/mol. The Labute approximate surface area is 152 Å². The number of hydrogen-bond acceptors (Lipinski definition) is 4. The number of carbonyl (C=O) groups is 2. The van der Waals surface area contributed by atoms with Gasteiger partial charge in [-0.15, -0.1) is 0 Å². The van der Waals surface area contributed by atoms with Gasteiger partial charge in [-0.05, 0) is 42.3 Å². The van der Waals surface area contributed by atoms with Crippen LogP contribution in [0.1, 0.15) is 21.5 Å². The molecule has 1 aromatic carbocycles. The maximum absolute atomic E-state index is 12.3. The first-order valence-corrected chi connectivity index (χ1v) is 8.55. The van der Waals surface area contributed by atoms with Crippen LogP contribution in [0.2, 0.25) is 0 Å². The lowest BCUT2D eigenvalue weighted by molar-refractivity contribution is 0.0697. The third kappa shape index (κ3) is 4.30. The fraction of sp³-hybridized carbons (Fsp3) is 0.316. The molecule has 1 aromatic heterocycles. The predicted octanol–water partition coefficient (Wildman–Crippen LogP) is 2.12. The number of piperazine rings is 1. The predicted molar refractivity (Wildman–Crippen MR) is 98.4 cm³/mol. The zero-order valence-electron chi connectivity index (χ0n) is 14.7. The van der Waals surface area contributed by atoms with Crippen molar-refractivity contribution in [2.45, 2.75) is 13.5 Å². The van der Waals surface area contributed by atoms with Crippen LogP contribution in [0.5, 0.6) is 0 Å². The first kappa shape index (κ1) is 17.7. The smallest absolute Gasteiger partial charge is 0.335 e. The molecule has 2 amide bonds. The van der Waals surface area contributed by atoms with Gasteiger partial charge in [0.15, 0.2) is 0 Å². The van der Waals surface area contributed by atoms with Gasteiger partial charge in [0.2, 0.25) is 0 Å². The Morgan fingerprint density at radius 2 is 1.81 bits per heavy atom. The van der Waals surface area contributed by atoms with Crippen molar-refractivity contribution in [3.63, 3.8) is 0 Å². The highest BCUT2D eigenvalue weighted by Crippen LogP contribution is 2.14. The Morgan fingerprint density at radius 1 is 1.12 bits per heavy atom. The lowest BCUT2D eigenvalue weighted by Gasteiger charge is -2.35. The molecule has 0 atom stereocenters. The average Bonchev–Trinajstić information content (AvgIpc) is 2.66. The van der Waals surface area contributed by atoms with Crippen molar-refractivity contribution in [2.75, 3.05) is 31.1 Å². The second-order valence-corrected chi connectivity index (χ2v) is 6.33. The van der Waals surface area contributed by atoms with Gasteiger partial charge in [0.1, 0.15) is 5.82 Å². The molecule has 3 rings (SSSR count). The summed E-state index contributed by atoms with van der Waals surface area (Å²) in [6.45, 7) is 5.18. The number of benzene rings is 1. The van der Waals surface area contributed by atoms with E-state index in [0.29, 0.717) is 19.6 Å². The molecule has 7 heteroatoms. The number of aromatic carboxylic acids is 1. The molecule has 2 aromatic rings. The molecule has 0 unspecified atom stereocenters. The minimum Gasteiger partial charge on any atom is -0.478 e. The van der Waals surface area contributed by atoms with Gasteiger partial charge in [-0.1, -0.05) is 12.1 Å². The fourth-order valence-electron chi connectivity index (χ4n) is 2.89. The highest BCUT2D eigenvalue weighted by molar-refractivity contribution is 5.87. The number of urea groups is 1. The fourth-order valence-corrected chi connectivity index (χ4v) is 2.89. The summed E-state index contributed by atoms with van der Waals surface area (Å²) in [5.74, 6) is -0.00913. The number of aromatic nitrogens is 1. The van der Waals surface area contributed by atoms with Crippen LogP contribution in [0.3, 0.4) is 0 Å². The number of amides is 2. The Kier molecular flexibility index (Phi) is 5.36. The van der Waals surface area contributed by atoms with Crippen molar-refractivity contribution in [1.29, 1.82) is 0 Å². The van der Waals surface area contributed by atoms with Crippen LogP contribution in [0.25, 0.3) is 0 Å². The van der Waals surface area contributed by atoms with Crippen molar-refractivity contribution in [3.8, 4) is 0 Å².